The first-order valence-corrected chi connectivity index (χ1v) is 7.19. The van der Waals surface area contributed by atoms with E-state index in [-0.39, 0.29) is 12.5 Å². The Hall–Kier alpha value is -1.90. The smallest absolute Gasteiger partial charge is 0.273 e. The highest BCUT2D eigenvalue weighted by Crippen LogP contribution is 2.16. The van der Waals surface area contributed by atoms with Crippen LogP contribution in [0, 0.1) is 17.8 Å². The summed E-state index contributed by atoms with van der Waals surface area (Å²) in [5.41, 5.74) is 6.44. The highest BCUT2D eigenvalue weighted by atomic mass is 16.2. The molecular formula is C16H22N4O. The average Bonchev–Trinajstić information content (AvgIpc) is 2.89. The summed E-state index contributed by atoms with van der Waals surface area (Å²) in [5.74, 6) is 6.15. The number of aromatic nitrogens is 1. The molecule has 0 spiro atoms. The molecule has 5 nitrogen and oxygen atoms in total. The summed E-state index contributed by atoms with van der Waals surface area (Å²) < 4.78 is 0. The van der Waals surface area contributed by atoms with Crippen LogP contribution < -0.4 is 5.73 Å². The van der Waals surface area contributed by atoms with Gasteiger partial charge in [-0.15, -0.1) is 0 Å². The molecule has 1 amide bonds. The van der Waals surface area contributed by atoms with Crippen LogP contribution in [0.25, 0.3) is 0 Å². The number of pyridine rings is 1. The lowest BCUT2D eigenvalue weighted by molar-refractivity contribution is 0.0768. The summed E-state index contributed by atoms with van der Waals surface area (Å²) in [4.78, 5) is 20.8. The molecule has 2 rings (SSSR count). The molecule has 1 saturated heterocycles. The van der Waals surface area contributed by atoms with Crippen molar-refractivity contribution in [3.63, 3.8) is 0 Å². The van der Waals surface area contributed by atoms with Crippen LogP contribution in [-0.2, 0) is 0 Å². The fourth-order valence-electron chi connectivity index (χ4n) is 2.65. The number of hydrogen-bond donors (Lipinski definition) is 1. The standard InChI is InChI=1S/C16H22N4O/c1-19-10-7-13(11-19)12-20(2)16(21)15-14(5-3-8-17)6-4-9-18-15/h4,6,9,13H,7-8,10-12,17H2,1-2H3. The first-order valence-electron chi connectivity index (χ1n) is 7.19. The van der Waals surface area contributed by atoms with Gasteiger partial charge in [0, 0.05) is 26.3 Å². The van der Waals surface area contributed by atoms with Gasteiger partial charge < -0.3 is 15.5 Å². The van der Waals surface area contributed by atoms with E-state index in [0.29, 0.717) is 17.2 Å². The number of nitrogens with zero attached hydrogens (tertiary/aromatic N) is 3. The number of hydrogen-bond acceptors (Lipinski definition) is 4. The maximum atomic E-state index is 12.5. The first-order chi connectivity index (χ1) is 10.1. The van der Waals surface area contributed by atoms with Crippen LogP contribution in [0.5, 0.6) is 0 Å². The highest BCUT2D eigenvalue weighted by Gasteiger charge is 2.24. The number of amides is 1. The van der Waals surface area contributed by atoms with E-state index in [9.17, 15) is 4.79 Å². The predicted molar refractivity (Wildman–Crippen MR) is 82.7 cm³/mol. The maximum Gasteiger partial charge on any atom is 0.273 e. The quantitative estimate of drug-likeness (QED) is 0.818. The second-order valence-electron chi connectivity index (χ2n) is 5.51. The van der Waals surface area contributed by atoms with Crippen LogP contribution in [0.1, 0.15) is 22.5 Å². The van der Waals surface area contributed by atoms with Crippen molar-refractivity contribution in [1.82, 2.24) is 14.8 Å². The fraction of sp³-hybridized carbons (Fsp3) is 0.500. The van der Waals surface area contributed by atoms with Gasteiger partial charge in [-0.1, -0.05) is 11.8 Å². The molecule has 0 saturated carbocycles. The number of rotatable bonds is 3. The normalized spacial score (nSPS) is 18.1. The molecule has 1 fully saturated rings. The largest absolute Gasteiger partial charge is 0.340 e. The van der Waals surface area contributed by atoms with E-state index in [2.05, 4.69) is 28.8 Å². The molecule has 2 N–H and O–H groups in total. The molecule has 0 bridgehead atoms. The minimum atomic E-state index is -0.0773. The molecule has 0 aliphatic carbocycles. The van der Waals surface area contributed by atoms with Crippen molar-refractivity contribution in [3.05, 3.63) is 29.6 Å². The molecule has 1 atom stereocenters. The van der Waals surface area contributed by atoms with Crippen molar-refractivity contribution in [1.29, 1.82) is 0 Å². The van der Waals surface area contributed by atoms with Crippen molar-refractivity contribution in [2.24, 2.45) is 11.7 Å². The zero-order valence-electron chi connectivity index (χ0n) is 12.7. The summed E-state index contributed by atoms with van der Waals surface area (Å²) >= 11 is 0. The van der Waals surface area contributed by atoms with Crippen LogP contribution in [-0.4, -0.2) is 61.0 Å². The number of likely N-dealkylation sites (tertiary alicyclic amines) is 1. The lowest BCUT2D eigenvalue weighted by Gasteiger charge is -2.21. The van der Waals surface area contributed by atoms with Crippen molar-refractivity contribution in [3.8, 4) is 11.8 Å². The van der Waals surface area contributed by atoms with Crippen molar-refractivity contribution in [2.75, 3.05) is 40.3 Å². The Morgan fingerprint density at radius 2 is 2.43 bits per heavy atom. The van der Waals surface area contributed by atoms with E-state index < -0.39 is 0 Å². The Morgan fingerprint density at radius 1 is 1.62 bits per heavy atom. The molecule has 1 aromatic rings. The van der Waals surface area contributed by atoms with Gasteiger partial charge in [-0.05, 0) is 38.1 Å². The van der Waals surface area contributed by atoms with Gasteiger partial charge in [0.05, 0.1) is 12.1 Å². The van der Waals surface area contributed by atoms with E-state index >= 15 is 0 Å². The van der Waals surface area contributed by atoms with Crippen molar-refractivity contribution < 1.29 is 4.79 Å². The van der Waals surface area contributed by atoms with Gasteiger partial charge in [0.15, 0.2) is 0 Å². The van der Waals surface area contributed by atoms with Gasteiger partial charge in [0.1, 0.15) is 5.69 Å². The van der Waals surface area contributed by atoms with Gasteiger partial charge in [-0.2, -0.15) is 0 Å². The Kier molecular flexibility index (Phi) is 5.32. The first kappa shape index (κ1) is 15.5. The summed E-state index contributed by atoms with van der Waals surface area (Å²) in [5, 5.41) is 0. The SMILES string of the molecule is CN1CCC(CN(C)C(=O)c2ncccc2C#CCN)C1. The molecule has 0 radical (unpaired) electrons. The number of carbonyl (C=O) groups is 1. The van der Waals surface area contributed by atoms with E-state index in [1.165, 1.54) is 0 Å². The third-order valence-electron chi connectivity index (χ3n) is 3.70. The molecule has 1 unspecified atom stereocenters. The second-order valence-corrected chi connectivity index (χ2v) is 5.51. The van der Waals surface area contributed by atoms with E-state index in [0.717, 1.165) is 26.1 Å². The molecule has 1 aliphatic heterocycles. The van der Waals surface area contributed by atoms with E-state index in [4.69, 9.17) is 5.73 Å². The average molecular weight is 286 g/mol. The van der Waals surface area contributed by atoms with Gasteiger partial charge >= 0.3 is 0 Å². The molecule has 2 heterocycles. The lowest BCUT2D eigenvalue weighted by atomic mass is 10.1. The van der Waals surface area contributed by atoms with Crippen LogP contribution >= 0.6 is 0 Å². The zero-order valence-corrected chi connectivity index (χ0v) is 12.7. The van der Waals surface area contributed by atoms with Crippen LogP contribution in [0.2, 0.25) is 0 Å². The molecule has 0 aromatic carbocycles. The number of nitrogens with two attached hydrogens (primary N) is 1. The third kappa shape index (κ3) is 4.03. The van der Waals surface area contributed by atoms with E-state index in [1.54, 1.807) is 23.2 Å². The van der Waals surface area contributed by atoms with Gasteiger partial charge in [-0.3, -0.25) is 4.79 Å². The number of carbonyl (C=O) groups excluding carboxylic acids is 1. The van der Waals surface area contributed by atoms with Gasteiger partial charge in [0.25, 0.3) is 5.91 Å². The van der Waals surface area contributed by atoms with Gasteiger partial charge in [0.2, 0.25) is 0 Å². The summed E-state index contributed by atoms with van der Waals surface area (Å²) in [6.07, 6.45) is 2.76. The molecule has 21 heavy (non-hydrogen) atoms. The van der Waals surface area contributed by atoms with Crippen LogP contribution in [0.4, 0.5) is 0 Å². The Morgan fingerprint density at radius 3 is 3.10 bits per heavy atom. The summed E-state index contributed by atoms with van der Waals surface area (Å²) in [7, 11) is 3.94. The van der Waals surface area contributed by atoms with Crippen molar-refractivity contribution in [2.45, 2.75) is 6.42 Å². The predicted octanol–water partition coefficient (Wildman–Crippen LogP) is 0.416. The minimum absolute atomic E-state index is 0.0773. The Bertz CT molecular complexity index is 561. The maximum absolute atomic E-state index is 12.5. The fourth-order valence-corrected chi connectivity index (χ4v) is 2.65. The molecular weight excluding hydrogens is 264 g/mol. The lowest BCUT2D eigenvalue weighted by Crippen LogP contribution is -2.33. The Balaban J connectivity index is 2.08. The monoisotopic (exact) mass is 286 g/mol. The minimum Gasteiger partial charge on any atom is -0.340 e. The Labute approximate surface area is 126 Å². The van der Waals surface area contributed by atoms with E-state index in [1.807, 2.05) is 7.05 Å². The molecule has 112 valence electrons. The van der Waals surface area contributed by atoms with Gasteiger partial charge in [-0.25, -0.2) is 4.98 Å². The van der Waals surface area contributed by atoms with Crippen LogP contribution in [0.15, 0.2) is 18.3 Å². The summed E-state index contributed by atoms with van der Waals surface area (Å²) in [6.45, 7) is 3.17. The molecule has 1 aromatic heterocycles. The third-order valence-corrected chi connectivity index (χ3v) is 3.70. The van der Waals surface area contributed by atoms with Crippen molar-refractivity contribution >= 4 is 5.91 Å². The highest BCUT2D eigenvalue weighted by molar-refractivity contribution is 5.94. The molecule has 1 aliphatic rings. The zero-order chi connectivity index (χ0) is 15.2. The summed E-state index contributed by atoms with van der Waals surface area (Å²) in [6, 6.07) is 3.59. The topological polar surface area (TPSA) is 62.5 Å². The second kappa shape index (κ2) is 7.21. The van der Waals surface area contributed by atoms with Crippen LogP contribution in [0.3, 0.4) is 0 Å². The molecule has 5 heteroatoms.